The number of methoxy groups -OCH3 is 1. The second-order valence-corrected chi connectivity index (χ2v) is 11.6. The maximum Gasteiger partial charge on any atom is 0.412 e. The minimum atomic E-state index is -0.793. The number of ether oxygens (including phenoxy) is 2. The largest absolute Gasteiger partial charge is 0.496 e. The number of carbonyl (C=O) groups excluding carboxylic acids is 1. The quantitative estimate of drug-likeness (QED) is 0.211. The third-order valence-electron chi connectivity index (χ3n) is 6.99. The van der Waals surface area contributed by atoms with Gasteiger partial charge in [0.15, 0.2) is 0 Å². The van der Waals surface area contributed by atoms with Gasteiger partial charge in [-0.3, -0.25) is 10.1 Å². The molecule has 0 radical (unpaired) electrons. The Bertz CT molecular complexity index is 1600. The number of rotatable bonds is 8. The molecule has 0 saturated heterocycles. The molecule has 1 aliphatic carbocycles. The third-order valence-corrected chi connectivity index (χ3v) is 8.64. The van der Waals surface area contributed by atoms with Crippen LogP contribution in [0.4, 0.5) is 14.9 Å². The fourth-order valence-corrected chi connectivity index (χ4v) is 6.15. The van der Waals surface area contributed by atoms with Gasteiger partial charge in [0.2, 0.25) is 0 Å². The van der Waals surface area contributed by atoms with Crippen LogP contribution in [0.3, 0.4) is 0 Å². The summed E-state index contributed by atoms with van der Waals surface area (Å²) in [5.74, 6) is -0.674. The molecule has 1 atom stereocenters. The van der Waals surface area contributed by atoms with E-state index in [0.29, 0.717) is 39.1 Å². The molecule has 5 rings (SSSR count). The van der Waals surface area contributed by atoms with Crippen molar-refractivity contribution in [1.29, 1.82) is 0 Å². The van der Waals surface area contributed by atoms with E-state index in [1.807, 2.05) is 42.5 Å². The van der Waals surface area contributed by atoms with Crippen LogP contribution in [-0.4, -0.2) is 24.3 Å². The smallest absolute Gasteiger partial charge is 0.412 e. The van der Waals surface area contributed by atoms with Crippen LogP contribution in [0, 0.1) is 5.82 Å². The van der Waals surface area contributed by atoms with E-state index in [1.54, 1.807) is 20.1 Å². The molecule has 0 aliphatic heterocycles. The molecule has 6 nitrogen and oxygen atoms in total. The number of carboxylic acid groups (broad SMARTS) is 1. The summed E-state index contributed by atoms with van der Waals surface area (Å²) in [5, 5.41) is 12.5. The zero-order valence-corrected chi connectivity index (χ0v) is 23.8. The topological polar surface area (TPSA) is 84.9 Å². The molecule has 1 heterocycles. The standard InChI is InChI=1S/C30H24Cl2FNO5S/c1-16(21-10-8-20(33)14-23(21)31)39-29(37)34-24-15-26(32)40-27(24)18-5-9-22(25(13-18)38-2)17-3-6-19(7-4-17)30(11-12-30)28(35)36/h3-10,13-16H,11-12H2,1-2H3,(H,34,37)(H,35,36). The minimum Gasteiger partial charge on any atom is -0.496 e. The van der Waals surface area contributed by atoms with E-state index in [0.717, 1.165) is 28.3 Å². The predicted octanol–water partition coefficient (Wildman–Crippen LogP) is 8.96. The van der Waals surface area contributed by atoms with E-state index in [9.17, 15) is 19.1 Å². The summed E-state index contributed by atoms with van der Waals surface area (Å²) in [6.45, 7) is 1.64. The van der Waals surface area contributed by atoms with Crippen molar-refractivity contribution in [3.8, 4) is 27.3 Å². The SMILES string of the molecule is COc1cc(-c2sc(Cl)cc2NC(=O)OC(C)c2ccc(F)cc2Cl)ccc1-c1ccc(C2(C(=O)O)CC2)cc1. The molecule has 1 fully saturated rings. The van der Waals surface area contributed by atoms with Gasteiger partial charge in [-0.05, 0) is 60.7 Å². The summed E-state index contributed by atoms with van der Waals surface area (Å²) in [6, 6.07) is 18.7. The molecular weight excluding hydrogens is 576 g/mol. The maximum absolute atomic E-state index is 13.4. The summed E-state index contributed by atoms with van der Waals surface area (Å²) in [7, 11) is 1.57. The number of hydrogen-bond donors (Lipinski definition) is 2. The average molecular weight is 600 g/mol. The number of aliphatic carboxylic acids is 1. The maximum atomic E-state index is 13.4. The van der Waals surface area contributed by atoms with Crippen molar-refractivity contribution in [1.82, 2.24) is 0 Å². The van der Waals surface area contributed by atoms with Crippen molar-refractivity contribution in [3.63, 3.8) is 0 Å². The number of nitrogens with one attached hydrogen (secondary N) is 1. The van der Waals surface area contributed by atoms with Crippen LogP contribution < -0.4 is 10.1 Å². The Hall–Kier alpha value is -3.59. The number of benzene rings is 3. The first kappa shape index (κ1) is 28.0. The van der Waals surface area contributed by atoms with Crippen molar-refractivity contribution < 1.29 is 28.6 Å². The Morgan fingerprint density at radius 3 is 2.35 bits per heavy atom. The lowest BCUT2D eigenvalue weighted by Crippen LogP contribution is -2.19. The van der Waals surface area contributed by atoms with E-state index in [-0.39, 0.29) is 5.02 Å². The van der Waals surface area contributed by atoms with Gasteiger partial charge in [-0.25, -0.2) is 9.18 Å². The van der Waals surface area contributed by atoms with Gasteiger partial charge in [0.25, 0.3) is 0 Å². The monoisotopic (exact) mass is 599 g/mol. The second kappa shape index (κ2) is 11.1. The van der Waals surface area contributed by atoms with Crippen molar-refractivity contribution in [2.45, 2.75) is 31.3 Å². The fourth-order valence-electron chi connectivity index (χ4n) is 4.65. The van der Waals surface area contributed by atoms with E-state index in [1.165, 1.54) is 23.5 Å². The number of halogens is 3. The summed E-state index contributed by atoms with van der Waals surface area (Å²) in [6.07, 6.45) is -0.151. The van der Waals surface area contributed by atoms with Crippen molar-refractivity contribution in [3.05, 3.63) is 93.0 Å². The van der Waals surface area contributed by atoms with E-state index < -0.39 is 29.4 Å². The van der Waals surface area contributed by atoms with Crippen LogP contribution in [-0.2, 0) is 14.9 Å². The normalized spacial score (nSPS) is 14.3. The van der Waals surface area contributed by atoms with Crippen molar-refractivity contribution in [2.75, 3.05) is 12.4 Å². The highest BCUT2D eigenvalue weighted by Crippen LogP contribution is 2.49. The molecule has 10 heteroatoms. The molecule has 0 bridgehead atoms. The fraction of sp³-hybridized carbons (Fsp3) is 0.200. The molecular formula is C30H24Cl2FNO5S. The number of amides is 1. The lowest BCUT2D eigenvalue weighted by molar-refractivity contribution is -0.140. The van der Waals surface area contributed by atoms with E-state index >= 15 is 0 Å². The number of thiophene rings is 1. The minimum absolute atomic E-state index is 0.162. The average Bonchev–Trinajstić information content (AvgIpc) is 3.66. The highest BCUT2D eigenvalue weighted by molar-refractivity contribution is 7.20. The van der Waals surface area contributed by atoms with Gasteiger partial charge in [-0.15, -0.1) is 11.3 Å². The Morgan fingerprint density at radius 2 is 1.73 bits per heavy atom. The Balaban J connectivity index is 1.36. The van der Waals surface area contributed by atoms with Crippen LogP contribution in [0.5, 0.6) is 5.75 Å². The first-order valence-electron chi connectivity index (χ1n) is 12.4. The molecule has 1 amide bonds. The molecule has 0 spiro atoms. The van der Waals surface area contributed by atoms with Gasteiger partial charge in [-0.1, -0.05) is 65.7 Å². The molecule has 1 aromatic heterocycles. The van der Waals surface area contributed by atoms with Crippen LogP contribution in [0.1, 0.15) is 37.0 Å². The summed E-state index contributed by atoms with van der Waals surface area (Å²) >= 11 is 13.7. The molecule has 206 valence electrons. The Morgan fingerprint density at radius 1 is 1.02 bits per heavy atom. The summed E-state index contributed by atoms with van der Waals surface area (Å²) in [4.78, 5) is 25.1. The molecule has 1 unspecified atom stereocenters. The number of carbonyl (C=O) groups is 2. The van der Waals surface area contributed by atoms with Crippen molar-refractivity contribution in [2.24, 2.45) is 0 Å². The lowest BCUT2D eigenvalue weighted by atomic mass is 9.93. The van der Waals surface area contributed by atoms with Gasteiger partial charge in [-0.2, -0.15) is 0 Å². The third kappa shape index (κ3) is 5.52. The Kier molecular flexibility index (Phi) is 7.77. The van der Waals surface area contributed by atoms with Crippen LogP contribution in [0.15, 0.2) is 66.7 Å². The van der Waals surface area contributed by atoms with Crippen LogP contribution in [0.2, 0.25) is 9.36 Å². The highest BCUT2D eigenvalue weighted by Gasteiger charge is 2.51. The number of carboxylic acids is 1. The van der Waals surface area contributed by atoms with Gasteiger partial charge >= 0.3 is 12.1 Å². The van der Waals surface area contributed by atoms with Crippen LogP contribution >= 0.6 is 34.5 Å². The predicted molar refractivity (Wildman–Crippen MR) is 155 cm³/mol. The molecule has 3 aromatic carbocycles. The summed E-state index contributed by atoms with van der Waals surface area (Å²) < 4.78 is 25.0. The van der Waals surface area contributed by atoms with Gasteiger partial charge in [0.1, 0.15) is 17.7 Å². The molecule has 2 N–H and O–H groups in total. The highest BCUT2D eigenvalue weighted by atomic mass is 35.5. The van der Waals surface area contributed by atoms with Gasteiger partial charge < -0.3 is 14.6 Å². The molecule has 1 saturated carbocycles. The van der Waals surface area contributed by atoms with Gasteiger partial charge in [0.05, 0.1) is 32.4 Å². The molecule has 4 aromatic rings. The number of hydrogen-bond acceptors (Lipinski definition) is 5. The van der Waals surface area contributed by atoms with E-state index in [2.05, 4.69) is 5.32 Å². The van der Waals surface area contributed by atoms with Gasteiger partial charge in [0, 0.05) is 11.1 Å². The van der Waals surface area contributed by atoms with E-state index in [4.69, 9.17) is 32.7 Å². The number of anilines is 1. The first-order valence-corrected chi connectivity index (χ1v) is 13.9. The first-order chi connectivity index (χ1) is 19.1. The van der Waals surface area contributed by atoms with Crippen molar-refractivity contribution >= 4 is 52.3 Å². The van der Waals surface area contributed by atoms with Crippen LogP contribution in [0.25, 0.3) is 21.6 Å². The zero-order valence-electron chi connectivity index (χ0n) is 21.5. The Labute approximate surface area is 244 Å². The summed E-state index contributed by atoms with van der Waals surface area (Å²) in [5.41, 5.74) is 3.45. The molecule has 1 aliphatic rings. The second-order valence-electron chi connectivity index (χ2n) is 9.51. The lowest BCUT2D eigenvalue weighted by Gasteiger charge is -2.16. The zero-order chi connectivity index (χ0) is 28.6. The molecule has 40 heavy (non-hydrogen) atoms.